The maximum absolute atomic E-state index is 11.9. The molecule has 0 heterocycles. The van der Waals surface area contributed by atoms with Crippen LogP contribution in [-0.4, -0.2) is 31.7 Å². The van der Waals surface area contributed by atoms with Gasteiger partial charge in [-0.25, -0.2) is 5.43 Å². The van der Waals surface area contributed by atoms with Gasteiger partial charge in [-0.05, 0) is 48.7 Å². The molecule has 2 N–H and O–H groups in total. The number of carbonyl (C=O) groups is 2. The van der Waals surface area contributed by atoms with Gasteiger partial charge in [-0.2, -0.15) is 5.10 Å². The second-order valence-corrected chi connectivity index (χ2v) is 6.31. The summed E-state index contributed by atoms with van der Waals surface area (Å²) in [6.45, 7) is 4.38. The Hall–Kier alpha value is -3.06. The average molecular weight is 404 g/mol. The summed E-state index contributed by atoms with van der Waals surface area (Å²) in [7, 11) is 1.50. The number of hydrogen-bond acceptors (Lipinski definition) is 5. The molecule has 0 spiro atoms. The normalized spacial score (nSPS) is 10.6. The molecule has 0 fully saturated rings. The van der Waals surface area contributed by atoms with Gasteiger partial charge in [-0.15, -0.1) is 0 Å². The van der Waals surface area contributed by atoms with Crippen LogP contribution < -0.4 is 20.2 Å². The van der Waals surface area contributed by atoms with Crippen molar-refractivity contribution in [3.05, 3.63) is 52.5 Å². The molecule has 7 nitrogen and oxygen atoms in total. The number of aryl methyl sites for hydroxylation is 1. The highest BCUT2D eigenvalue weighted by Gasteiger charge is 2.14. The summed E-state index contributed by atoms with van der Waals surface area (Å²) in [4.78, 5) is 23.8. The monoisotopic (exact) mass is 403 g/mol. The van der Waals surface area contributed by atoms with Crippen molar-refractivity contribution in [3.8, 4) is 11.5 Å². The molecule has 0 aliphatic heterocycles. The Kier molecular flexibility index (Phi) is 7.83. The molecular formula is C20H22ClN3O4. The number of rotatable bonds is 7. The summed E-state index contributed by atoms with van der Waals surface area (Å²) in [5.74, 6) is -0.809. The highest BCUT2D eigenvalue weighted by atomic mass is 35.5. The Balaban J connectivity index is 2.00. The van der Waals surface area contributed by atoms with Gasteiger partial charge in [-0.1, -0.05) is 30.7 Å². The number of hydrazone groups is 1. The molecule has 0 aliphatic rings. The van der Waals surface area contributed by atoms with Crippen molar-refractivity contribution in [3.63, 3.8) is 0 Å². The Bertz CT molecular complexity index is 884. The Morgan fingerprint density at radius 1 is 1.21 bits per heavy atom. The lowest BCUT2D eigenvalue weighted by molar-refractivity contribution is -0.136. The Morgan fingerprint density at radius 3 is 2.68 bits per heavy atom. The first-order valence-corrected chi connectivity index (χ1v) is 9.03. The molecule has 2 amide bonds. The first kappa shape index (κ1) is 21.2. The van der Waals surface area contributed by atoms with E-state index in [-0.39, 0.29) is 0 Å². The molecule has 2 aromatic rings. The molecule has 148 valence electrons. The van der Waals surface area contributed by atoms with Gasteiger partial charge >= 0.3 is 11.8 Å². The van der Waals surface area contributed by atoms with E-state index in [0.717, 1.165) is 12.0 Å². The standard InChI is InChI=1S/C20H22ClN3O4/c1-4-8-28-18-16(21)10-14(11-17(18)27-3)12-22-24-20(26)19(25)23-15-7-5-6-13(2)9-15/h5-7,9-12H,4,8H2,1-3H3,(H,23,25)(H,24,26)/b22-12-. The van der Waals surface area contributed by atoms with Crippen LogP contribution in [0.5, 0.6) is 11.5 Å². The molecule has 0 saturated carbocycles. The van der Waals surface area contributed by atoms with Crippen LogP contribution in [0.1, 0.15) is 24.5 Å². The number of ether oxygens (including phenoxy) is 2. The molecule has 0 unspecified atom stereocenters. The molecule has 0 aliphatic carbocycles. The molecule has 2 aromatic carbocycles. The Morgan fingerprint density at radius 2 is 2.00 bits per heavy atom. The molecule has 0 aromatic heterocycles. The van der Waals surface area contributed by atoms with E-state index in [4.69, 9.17) is 21.1 Å². The first-order chi connectivity index (χ1) is 13.4. The lowest BCUT2D eigenvalue weighted by Gasteiger charge is -2.12. The molecule has 0 saturated heterocycles. The highest BCUT2D eigenvalue weighted by Crippen LogP contribution is 2.36. The van der Waals surface area contributed by atoms with Crippen LogP contribution in [0.4, 0.5) is 5.69 Å². The van der Waals surface area contributed by atoms with Crippen LogP contribution in [0.3, 0.4) is 0 Å². The fourth-order valence-corrected chi connectivity index (χ4v) is 2.56. The fourth-order valence-electron chi connectivity index (χ4n) is 2.29. The third-order valence-electron chi connectivity index (χ3n) is 3.56. The second-order valence-electron chi connectivity index (χ2n) is 5.91. The fraction of sp³-hybridized carbons (Fsp3) is 0.250. The molecule has 0 bridgehead atoms. The number of hydrogen-bond donors (Lipinski definition) is 2. The zero-order valence-corrected chi connectivity index (χ0v) is 16.7. The number of nitrogens with one attached hydrogen (secondary N) is 2. The predicted octanol–water partition coefficient (Wildman–Crippen LogP) is 3.53. The minimum atomic E-state index is -0.890. The van der Waals surface area contributed by atoms with Gasteiger partial charge in [0.2, 0.25) is 0 Å². The second kappa shape index (κ2) is 10.3. The van der Waals surface area contributed by atoms with Gasteiger partial charge in [0.1, 0.15) is 0 Å². The van der Waals surface area contributed by atoms with Crippen LogP contribution in [0.15, 0.2) is 41.5 Å². The maximum Gasteiger partial charge on any atom is 0.329 e. The minimum absolute atomic E-state index is 0.359. The van der Waals surface area contributed by atoms with Gasteiger partial charge in [0, 0.05) is 5.69 Å². The summed E-state index contributed by atoms with van der Waals surface area (Å²) >= 11 is 6.23. The number of methoxy groups -OCH3 is 1. The molecular weight excluding hydrogens is 382 g/mol. The lowest BCUT2D eigenvalue weighted by atomic mass is 10.2. The molecule has 0 radical (unpaired) electrons. The highest BCUT2D eigenvalue weighted by molar-refractivity contribution is 6.39. The summed E-state index contributed by atoms with van der Waals surface area (Å²) in [6, 6.07) is 10.4. The number of benzene rings is 2. The van der Waals surface area contributed by atoms with Crippen molar-refractivity contribution in [2.45, 2.75) is 20.3 Å². The first-order valence-electron chi connectivity index (χ1n) is 8.66. The molecule has 28 heavy (non-hydrogen) atoms. The summed E-state index contributed by atoms with van der Waals surface area (Å²) in [5, 5.41) is 6.65. The van der Waals surface area contributed by atoms with Crippen molar-refractivity contribution < 1.29 is 19.1 Å². The number of anilines is 1. The van der Waals surface area contributed by atoms with Gasteiger partial charge in [0.05, 0.1) is 25.0 Å². The largest absolute Gasteiger partial charge is 0.493 e. The predicted molar refractivity (Wildman–Crippen MR) is 109 cm³/mol. The molecule has 0 atom stereocenters. The third-order valence-corrected chi connectivity index (χ3v) is 3.84. The summed E-state index contributed by atoms with van der Waals surface area (Å²) in [5.41, 5.74) is 4.25. The number of amides is 2. The van der Waals surface area contributed by atoms with E-state index < -0.39 is 11.8 Å². The van der Waals surface area contributed by atoms with E-state index in [2.05, 4.69) is 15.8 Å². The van der Waals surface area contributed by atoms with Crippen molar-refractivity contribution in [1.82, 2.24) is 5.43 Å². The van der Waals surface area contributed by atoms with Gasteiger partial charge in [0.15, 0.2) is 11.5 Å². The van der Waals surface area contributed by atoms with Crippen molar-refractivity contribution in [2.24, 2.45) is 5.10 Å². The lowest BCUT2D eigenvalue weighted by Crippen LogP contribution is -2.32. The minimum Gasteiger partial charge on any atom is -0.493 e. The van der Waals surface area contributed by atoms with Crippen LogP contribution in [0.2, 0.25) is 5.02 Å². The van der Waals surface area contributed by atoms with Crippen molar-refractivity contribution >= 4 is 35.3 Å². The zero-order chi connectivity index (χ0) is 20.5. The number of nitrogens with zero attached hydrogens (tertiary/aromatic N) is 1. The van der Waals surface area contributed by atoms with Crippen LogP contribution in [0, 0.1) is 6.92 Å². The number of carbonyl (C=O) groups excluding carboxylic acids is 2. The van der Waals surface area contributed by atoms with Crippen LogP contribution in [-0.2, 0) is 9.59 Å². The summed E-state index contributed by atoms with van der Waals surface area (Å²) < 4.78 is 10.9. The van der Waals surface area contributed by atoms with E-state index in [0.29, 0.717) is 34.4 Å². The summed E-state index contributed by atoms with van der Waals surface area (Å²) in [6.07, 6.45) is 2.19. The van der Waals surface area contributed by atoms with Crippen molar-refractivity contribution in [1.29, 1.82) is 0 Å². The van der Waals surface area contributed by atoms with Crippen LogP contribution >= 0.6 is 11.6 Å². The van der Waals surface area contributed by atoms with Crippen molar-refractivity contribution in [2.75, 3.05) is 19.0 Å². The van der Waals surface area contributed by atoms with E-state index in [1.165, 1.54) is 13.3 Å². The maximum atomic E-state index is 11.9. The third kappa shape index (κ3) is 5.99. The zero-order valence-electron chi connectivity index (χ0n) is 15.9. The average Bonchev–Trinajstić information content (AvgIpc) is 2.66. The van der Waals surface area contributed by atoms with E-state index >= 15 is 0 Å². The van der Waals surface area contributed by atoms with E-state index in [1.54, 1.807) is 30.3 Å². The number of halogens is 1. The Labute approximate surface area is 168 Å². The van der Waals surface area contributed by atoms with Gasteiger partial charge < -0.3 is 14.8 Å². The topological polar surface area (TPSA) is 89.0 Å². The van der Waals surface area contributed by atoms with E-state index in [1.807, 2.05) is 19.9 Å². The SMILES string of the molecule is CCCOc1c(Cl)cc(/C=N\NC(=O)C(=O)Nc2cccc(C)c2)cc1OC. The smallest absolute Gasteiger partial charge is 0.329 e. The van der Waals surface area contributed by atoms with Gasteiger partial charge in [-0.3, -0.25) is 9.59 Å². The quantitative estimate of drug-likeness (QED) is 0.420. The molecule has 2 rings (SSSR count). The molecule has 8 heteroatoms. The van der Waals surface area contributed by atoms with Gasteiger partial charge in [0.25, 0.3) is 0 Å². The van der Waals surface area contributed by atoms with Crippen LogP contribution in [0.25, 0.3) is 0 Å². The van der Waals surface area contributed by atoms with E-state index in [9.17, 15) is 9.59 Å².